The number of aryl methyl sites for hydroxylation is 1. The SMILES string of the molecule is COC(=O)c1c(C)nc(C2CCCO2)nc1N. The number of rotatable bonds is 2. The van der Waals surface area contributed by atoms with Gasteiger partial charge in [0.25, 0.3) is 0 Å². The molecule has 0 radical (unpaired) electrons. The molecule has 0 spiro atoms. The van der Waals surface area contributed by atoms with Crippen LogP contribution < -0.4 is 5.73 Å². The van der Waals surface area contributed by atoms with Crippen LogP contribution in [0.2, 0.25) is 0 Å². The number of methoxy groups -OCH3 is 1. The molecule has 1 atom stereocenters. The topological polar surface area (TPSA) is 87.3 Å². The van der Waals surface area contributed by atoms with Gasteiger partial charge in [0.05, 0.1) is 12.8 Å². The summed E-state index contributed by atoms with van der Waals surface area (Å²) in [4.78, 5) is 19.9. The molecule has 1 aliphatic heterocycles. The van der Waals surface area contributed by atoms with Gasteiger partial charge in [-0.05, 0) is 19.8 Å². The van der Waals surface area contributed by atoms with Gasteiger partial charge in [0.1, 0.15) is 17.5 Å². The predicted octanol–water partition coefficient (Wildman–Crippen LogP) is 1.01. The number of nitrogen functional groups attached to an aromatic ring is 1. The predicted molar refractivity (Wildman–Crippen MR) is 60.4 cm³/mol. The Morgan fingerprint density at radius 2 is 2.29 bits per heavy atom. The summed E-state index contributed by atoms with van der Waals surface area (Å²) in [6.07, 6.45) is 1.77. The van der Waals surface area contributed by atoms with Crippen molar-refractivity contribution in [2.45, 2.75) is 25.9 Å². The van der Waals surface area contributed by atoms with E-state index in [-0.39, 0.29) is 17.5 Å². The number of anilines is 1. The molecule has 6 nitrogen and oxygen atoms in total. The second kappa shape index (κ2) is 4.67. The van der Waals surface area contributed by atoms with Gasteiger partial charge >= 0.3 is 5.97 Å². The summed E-state index contributed by atoms with van der Waals surface area (Å²) in [7, 11) is 1.30. The fourth-order valence-corrected chi connectivity index (χ4v) is 1.90. The zero-order chi connectivity index (χ0) is 12.4. The van der Waals surface area contributed by atoms with E-state index in [4.69, 9.17) is 10.5 Å². The van der Waals surface area contributed by atoms with E-state index in [2.05, 4.69) is 14.7 Å². The first kappa shape index (κ1) is 11.8. The molecule has 0 aliphatic carbocycles. The third kappa shape index (κ3) is 2.21. The number of nitrogens with two attached hydrogens (primary N) is 1. The van der Waals surface area contributed by atoms with Gasteiger partial charge in [-0.15, -0.1) is 0 Å². The van der Waals surface area contributed by atoms with Gasteiger partial charge in [0.2, 0.25) is 0 Å². The summed E-state index contributed by atoms with van der Waals surface area (Å²) in [6.45, 7) is 2.43. The lowest BCUT2D eigenvalue weighted by atomic mass is 10.2. The first-order valence-corrected chi connectivity index (χ1v) is 5.47. The largest absolute Gasteiger partial charge is 0.465 e. The molecule has 1 saturated heterocycles. The van der Waals surface area contributed by atoms with Crippen molar-refractivity contribution in [2.75, 3.05) is 19.5 Å². The Morgan fingerprint density at radius 1 is 1.53 bits per heavy atom. The van der Waals surface area contributed by atoms with Crippen LogP contribution in [0.3, 0.4) is 0 Å². The lowest BCUT2D eigenvalue weighted by molar-refractivity contribution is 0.0599. The van der Waals surface area contributed by atoms with Crippen molar-refractivity contribution in [2.24, 2.45) is 0 Å². The van der Waals surface area contributed by atoms with Crippen molar-refractivity contribution >= 4 is 11.8 Å². The van der Waals surface area contributed by atoms with Gasteiger partial charge in [0.15, 0.2) is 5.82 Å². The Labute approximate surface area is 99.1 Å². The van der Waals surface area contributed by atoms with Gasteiger partial charge in [-0.3, -0.25) is 0 Å². The zero-order valence-corrected chi connectivity index (χ0v) is 9.90. The molecule has 1 fully saturated rings. The molecule has 1 aromatic heterocycles. The van der Waals surface area contributed by atoms with Crippen LogP contribution in [0.1, 0.15) is 40.8 Å². The van der Waals surface area contributed by atoms with Gasteiger partial charge in [-0.1, -0.05) is 0 Å². The Balaban J connectivity index is 2.37. The van der Waals surface area contributed by atoms with E-state index >= 15 is 0 Å². The summed E-state index contributed by atoms with van der Waals surface area (Å²) in [5.41, 5.74) is 6.51. The van der Waals surface area contributed by atoms with E-state index in [1.807, 2.05) is 0 Å². The van der Waals surface area contributed by atoms with Gasteiger partial charge in [0, 0.05) is 6.61 Å². The lowest BCUT2D eigenvalue weighted by Crippen LogP contribution is -2.15. The molecule has 1 unspecified atom stereocenters. The molecule has 92 valence electrons. The van der Waals surface area contributed by atoms with Crippen LogP contribution in [0.4, 0.5) is 5.82 Å². The van der Waals surface area contributed by atoms with Crippen LogP contribution in [0.15, 0.2) is 0 Å². The van der Waals surface area contributed by atoms with Crippen LogP contribution >= 0.6 is 0 Å². The van der Waals surface area contributed by atoms with Crippen molar-refractivity contribution in [3.05, 3.63) is 17.1 Å². The highest BCUT2D eigenvalue weighted by molar-refractivity contribution is 5.95. The van der Waals surface area contributed by atoms with Crippen molar-refractivity contribution < 1.29 is 14.3 Å². The minimum atomic E-state index is -0.515. The average Bonchev–Trinajstić information content (AvgIpc) is 2.81. The Morgan fingerprint density at radius 3 is 2.82 bits per heavy atom. The third-order valence-electron chi connectivity index (χ3n) is 2.74. The van der Waals surface area contributed by atoms with E-state index in [0.717, 1.165) is 12.8 Å². The van der Waals surface area contributed by atoms with Gasteiger partial charge < -0.3 is 15.2 Å². The third-order valence-corrected chi connectivity index (χ3v) is 2.74. The molecular formula is C11H15N3O3. The molecule has 17 heavy (non-hydrogen) atoms. The van der Waals surface area contributed by atoms with Crippen LogP contribution in [0.25, 0.3) is 0 Å². The highest BCUT2D eigenvalue weighted by Gasteiger charge is 2.24. The molecule has 0 bridgehead atoms. The van der Waals surface area contributed by atoms with Crippen molar-refractivity contribution in [1.29, 1.82) is 0 Å². The second-order valence-corrected chi connectivity index (χ2v) is 3.92. The summed E-state index contributed by atoms with van der Waals surface area (Å²) in [5, 5.41) is 0. The first-order chi connectivity index (χ1) is 8.13. The lowest BCUT2D eigenvalue weighted by Gasteiger charge is -2.12. The fourth-order valence-electron chi connectivity index (χ4n) is 1.90. The van der Waals surface area contributed by atoms with Crippen LogP contribution in [-0.4, -0.2) is 29.7 Å². The van der Waals surface area contributed by atoms with Crippen LogP contribution in [0.5, 0.6) is 0 Å². The Bertz CT molecular complexity index is 419. The van der Waals surface area contributed by atoms with E-state index in [1.54, 1.807) is 6.92 Å². The van der Waals surface area contributed by atoms with Crippen LogP contribution in [0, 0.1) is 6.92 Å². The minimum Gasteiger partial charge on any atom is -0.465 e. The van der Waals surface area contributed by atoms with Crippen molar-refractivity contribution in [3.63, 3.8) is 0 Å². The molecule has 2 heterocycles. The standard InChI is InChI=1S/C11H15N3O3/c1-6-8(11(15)16-2)9(12)14-10(13-6)7-4-3-5-17-7/h7H,3-5H2,1-2H3,(H2,12,13,14). The van der Waals surface area contributed by atoms with Gasteiger partial charge in [-0.2, -0.15) is 0 Å². The van der Waals surface area contributed by atoms with E-state index < -0.39 is 5.97 Å². The number of ether oxygens (including phenoxy) is 2. The maximum Gasteiger partial charge on any atom is 0.343 e. The van der Waals surface area contributed by atoms with Crippen LogP contribution in [-0.2, 0) is 9.47 Å². The van der Waals surface area contributed by atoms with E-state index in [0.29, 0.717) is 18.1 Å². The molecule has 2 rings (SSSR count). The number of hydrogen-bond donors (Lipinski definition) is 1. The molecule has 0 saturated carbocycles. The number of hydrogen-bond acceptors (Lipinski definition) is 6. The summed E-state index contributed by atoms with van der Waals surface area (Å²) >= 11 is 0. The summed E-state index contributed by atoms with van der Waals surface area (Å²) in [6, 6.07) is 0. The molecule has 1 aromatic rings. The van der Waals surface area contributed by atoms with Crippen molar-refractivity contribution in [3.8, 4) is 0 Å². The quantitative estimate of drug-likeness (QED) is 0.772. The maximum absolute atomic E-state index is 11.5. The summed E-state index contributed by atoms with van der Waals surface area (Å²) < 4.78 is 10.1. The Hall–Kier alpha value is -1.69. The maximum atomic E-state index is 11.5. The van der Waals surface area contributed by atoms with Crippen molar-refractivity contribution in [1.82, 2.24) is 9.97 Å². The minimum absolute atomic E-state index is 0.109. The smallest absolute Gasteiger partial charge is 0.343 e. The molecule has 0 amide bonds. The number of carbonyl (C=O) groups is 1. The van der Waals surface area contributed by atoms with E-state index in [1.165, 1.54) is 7.11 Å². The number of nitrogens with zero attached hydrogens (tertiary/aromatic N) is 2. The highest BCUT2D eigenvalue weighted by atomic mass is 16.5. The Kier molecular flexibility index (Phi) is 3.23. The first-order valence-electron chi connectivity index (χ1n) is 5.47. The van der Waals surface area contributed by atoms with Gasteiger partial charge in [-0.25, -0.2) is 14.8 Å². The molecule has 6 heteroatoms. The van der Waals surface area contributed by atoms with E-state index in [9.17, 15) is 4.79 Å². The summed E-state index contributed by atoms with van der Waals surface area (Å²) in [5.74, 6) is 0.180. The number of carbonyl (C=O) groups excluding carboxylic acids is 1. The second-order valence-electron chi connectivity index (χ2n) is 3.92. The number of esters is 1. The monoisotopic (exact) mass is 237 g/mol. The normalized spacial score (nSPS) is 19.3. The fraction of sp³-hybridized carbons (Fsp3) is 0.545. The average molecular weight is 237 g/mol. The molecule has 1 aliphatic rings. The zero-order valence-electron chi connectivity index (χ0n) is 9.90. The molecule has 2 N–H and O–H groups in total. The highest BCUT2D eigenvalue weighted by Crippen LogP contribution is 2.27. The number of aromatic nitrogens is 2. The molecular weight excluding hydrogens is 222 g/mol. The molecule has 0 aromatic carbocycles.